The third-order valence-electron chi connectivity index (χ3n) is 9.39. The Bertz CT molecular complexity index is 2760. The van der Waals surface area contributed by atoms with Crippen molar-refractivity contribution in [2.75, 3.05) is 0 Å². The molecular formula is C44H26N4. The Labute approximate surface area is 277 Å². The first kappa shape index (κ1) is 27.4. The van der Waals surface area contributed by atoms with Crippen LogP contribution in [0.25, 0.3) is 77.2 Å². The monoisotopic (exact) mass is 610 g/mol. The number of hydrogen-bond acceptors (Lipinski definition) is 2. The van der Waals surface area contributed by atoms with E-state index < -0.39 is 0 Å². The normalized spacial score (nSPS) is 11.3. The third-order valence-corrected chi connectivity index (χ3v) is 9.39. The Morgan fingerprint density at radius 3 is 1.58 bits per heavy atom. The Balaban J connectivity index is 1.24. The quantitative estimate of drug-likeness (QED) is 0.199. The van der Waals surface area contributed by atoms with Crippen LogP contribution in [-0.2, 0) is 0 Å². The molecule has 0 amide bonds. The summed E-state index contributed by atoms with van der Waals surface area (Å²) in [5.74, 6) is 0. The van der Waals surface area contributed by atoms with Crippen molar-refractivity contribution >= 4 is 43.6 Å². The zero-order chi connectivity index (χ0) is 32.2. The number of benzene rings is 7. The highest BCUT2D eigenvalue weighted by atomic mass is 15.0. The Hall–Kier alpha value is -6.88. The molecule has 9 aromatic rings. The highest BCUT2D eigenvalue weighted by Crippen LogP contribution is 2.39. The lowest BCUT2D eigenvalue weighted by Crippen LogP contribution is -1.99. The maximum atomic E-state index is 10.4. The van der Waals surface area contributed by atoms with Crippen LogP contribution in [0.2, 0.25) is 0 Å². The summed E-state index contributed by atoms with van der Waals surface area (Å²) in [7, 11) is 0. The van der Waals surface area contributed by atoms with Gasteiger partial charge >= 0.3 is 0 Å². The minimum absolute atomic E-state index is 0.620. The van der Waals surface area contributed by atoms with Crippen LogP contribution in [0.4, 0.5) is 0 Å². The molecule has 48 heavy (non-hydrogen) atoms. The van der Waals surface area contributed by atoms with Gasteiger partial charge in [0.05, 0.1) is 45.0 Å². The number of hydrogen-bond donors (Lipinski definition) is 0. The van der Waals surface area contributed by atoms with Gasteiger partial charge in [-0.1, -0.05) is 103 Å². The molecule has 0 aliphatic carbocycles. The van der Waals surface area contributed by atoms with Crippen LogP contribution in [0.15, 0.2) is 158 Å². The van der Waals surface area contributed by atoms with E-state index in [-0.39, 0.29) is 0 Å². The van der Waals surface area contributed by atoms with E-state index in [2.05, 4.69) is 143 Å². The number of para-hydroxylation sites is 4. The SMILES string of the molecule is N#Cc1cccc(-n2c3ccccc3c3ccccc32)c1-c1cccc(-c2cccc(-n3c4ccccc4c4cccc(C#N)c43)c2)c1. The Kier molecular flexibility index (Phi) is 6.22. The van der Waals surface area contributed by atoms with Crippen LogP contribution < -0.4 is 0 Å². The number of aromatic nitrogens is 2. The van der Waals surface area contributed by atoms with Gasteiger partial charge in [-0.2, -0.15) is 10.5 Å². The molecule has 9 rings (SSSR count). The van der Waals surface area contributed by atoms with Crippen molar-refractivity contribution in [3.63, 3.8) is 0 Å². The molecular weight excluding hydrogens is 585 g/mol. The molecule has 0 radical (unpaired) electrons. The summed E-state index contributed by atoms with van der Waals surface area (Å²) in [6, 6.07) is 58.9. The van der Waals surface area contributed by atoms with Gasteiger partial charge < -0.3 is 9.13 Å². The highest BCUT2D eigenvalue weighted by Gasteiger charge is 2.19. The summed E-state index contributed by atoms with van der Waals surface area (Å²) in [5.41, 5.74) is 11.3. The minimum atomic E-state index is 0.620. The van der Waals surface area contributed by atoms with Crippen molar-refractivity contribution in [1.82, 2.24) is 9.13 Å². The molecule has 4 nitrogen and oxygen atoms in total. The van der Waals surface area contributed by atoms with Crippen molar-refractivity contribution in [1.29, 1.82) is 10.5 Å². The van der Waals surface area contributed by atoms with Gasteiger partial charge in [0.25, 0.3) is 0 Å². The molecule has 0 atom stereocenters. The molecule has 2 aromatic heterocycles. The first-order valence-corrected chi connectivity index (χ1v) is 15.9. The number of fused-ring (bicyclic) bond motifs is 6. The molecule has 0 aliphatic rings. The molecule has 222 valence electrons. The maximum Gasteiger partial charge on any atom is 0.101 e. The van der Waals surface area contributed by atoms with E-state index in [1.807, 2.05) is 36.4 Å². The van der Waals surface area contributed by atoms with Gasteiger partial charge in [-0.25, -0.2) is 0 Å². The molecule has 7 aromatic carbocycles. The van der Waals surface area contributed by atoms with E-state index in [4.69, 9.17) is 0 Å². The second-order valence-corrected chi connectivity index (χ2v) is 12.0. The van der Waals surface area contributed by atoms with Crippen LogP contribution in [0.3, 0.4) is 0 Å². The third kappa shape index (κ3) is 4.07. The fourth-order valence-electron chi connectivity index (χ4n) is 7.36. The second-order valence-electron chi connectivity index (χ2n) is 12.0. The van der Waals surface area contributed by atoms with Gasteiger partial charge in [-0.3, -0.25) is 0 Å². The smallest absolute Gasteiger partial charge is 0.101 e. The van der Waals surface area contributed by atoms with E-state index in [1.54, 1.807) is 0 Å². The highest BCUT2D eigenvalue weighted by molar-refractivity contribution is 6.11. The first-order chi connectivity index (χ1) is 23.7. The molecule has 0 N–H and O–H groups in total. The molecule has 0 fully saturated rings. The van der Waals surface area contributed by atoms with Crippen molar-refractivity contribution < 1.29 is 0 Å². The van der Waals surface area contributed by atoms with E-state index in [0.29, 0.717) is 11.1 Å². The Morgan fingerprint density at radius 1 is 0.396 bits per heavy atom. The van der Waals surface area contributed by atoms with Crippen molar-refractivity contribution in [2.45, 2.75) is 0 Å². The molecule has 2 heterocycles. The summed E-state index contributed by atoms with van der Waals surface area (Å²) in [6.07, 6.45) is 0. The molecule has 4 heteroatoms. The summed E-state index contributed by atoms with van der Waals surface area (Å²) in [6.45, 7) is 0. The molecule has 0 saturated carbocycles. The van der Waals surface area contributed by atoms with Gasteiger partial charge in [0, 0.05) is 32.8 Å². The topological polar surface area (TPSA) is 57.4 Å². The Morgan fingerprint density at radius 2 is 0.896 bits per heavy atom. The van der Waals surface area contributed by atoms with E-state index in [9.17, 15) is 10.5 Å². The van der Waals surface area contributed by atoms with Crippen LogP contribution in [-0.4, -0.2) is 9.13 Å². The molecule has 0 bridgehead atoms. The largest absolute Gasteiger partial charge is 0.309 e. The number of nitrogens with zero attached hydrogens (tertiary/aromatic N) is 4. The number of rotatable bonds is 4. The average molecular weight is 611 g/mol. The lowest BCUT2D eigenvalue weighted by Gasteiger charge is -2.16. The summed E-state index contributed by atoms with van der Waals surface area (Å²) < 4.78 is 4.48. The lowest BCUT2D eigenvalue weighted by molar-refractivity contribution is 1.17. The summed E-state index contributed by atoms with van der Waals surface area (Å²) in [4.78, 5) is 0. The molecule has 0 saturated heterocycles. The molecule has 0 unspecified atom stereocenters. The second kappa shape index (κ2) is 10.9. The van der Waals surface area contributed by atoms with E-state index >= 15 is 0 Å². The first-order valence-electron chi connectivity index (χ1n) is 15.9. The zero-order valence-corrected chi connectivity index (χ0v) is 25.8. The van der Waals surface area contributed by atoms with E-state index in [0.717, 1.165) is 66.5 Å². The minimum Gasteiger partial charge on any atom is -0.309 e. The summed E-state index contributed by atoms with van der Waals surface area (Å²) in [5, 5.41) is 25.0. The molecule has 0 spiro atoms. The van der Waals surface area contributed by atoms with Crippen LogP contribution >= 0.6 is 0 Å². The standard InChI is InChI=1S/C44H26N4/c45-27-32-14-10-24-42(48-40-22-5-1-17-35(40)36-18-2-6-23-41(36)48)43(32)31-13-7-11-29(25-31)30-12-8-16-34(26-30)47-39-21-4-3-19-37(39)38-20-9-15-33(28-46)44(38)47/h1-26H. The van der Waals surface area contributed by atoms with Gasteiger partial charge in [-0.05, 0) is 71.3 Å². The number of nitriles is 2. The van der Waals surface area contributed by atoms with Gasteiger partial charge in [0.1, 0.15) is 6.07 Å². The van der Waals surface area contributed by atoms with Crippen LogP contribution in [0.5, 0.6) is 0 Å². The average Bonchev–Trinajstić information content (AvgIpc) is 3.68. The van der Waals surface area contributed by atoms with Crippen LogP contribution in [0, 0.1) is 22.7 Å². The van der Waals surface area contributed by atoms with Crippen molar-refractivity contribution in [3.05, 3.63) is 169 Å². The van der Waals surface area contributed by atoms with Crippen molar-refractivity contribution in [3.8, 4) is 45.8 Å². The summed E-state index contributed by atoms with van der Waals surface area (Å²) >= 11 is 0. The van der Waals surface area contributed by atoms with E-state index in [1.165, 1.54) is 10.8 Å². The van der Waals surface area contributed by atoms with Gasteiger partial charge in [0.15, 0.2) is 0 Å². The van der Waals surface area contributed by atoms with Gasteiger partial charge in [-0.15, -0.1) is 0 Å². The fraction of sp³-hybridized carbons (Fsp3) is 0. The zero-order valence-electron chi connectivity index (χ0n) is 25.8. The van der Waals surface area contributed by atoms with Gasteiger partial charge in [0.2, 0.25) is 0 Å². The predicted octanol–water partition coefficient (Wildman–Crippen LogP) is 11.0. The molecule has 0 aliphatic heterocycles. The van der Waals surface area contributed by atoms with Crippen LogP contribution in [0.1, 0.15) is 11.1 Å². The lowest BCUT2D eigenvalue weighted by atomic mass is 9.94. The maximum absolute atomic E-state index is 10.4. The van der Waals surface area contributed by atoms with Crippen molar-refractivity contribution in [2.24, 2.45) is 0 Å². The fourth-order valence-corrected chi connectivity index (χ4v) is 7.36. The predicted molar refractivity (Wildman–Crippen MR) is 195 cm³/mol.